The van der Waals surface area contributed by atoms with Crippen molar-refractivity contribution >= 4 is 17.4 Å². The van der Waals surface area contributed by atoms with Gasteiger partial charge in [0.2, 0.25) is 0 Å². The Hall–Kier alpha value is -1.92. The third-order valence-corrected chi connectivity index (χ3v) is 5.30. The lowest BCUT2D eigenvalue weighted by molar-refractivity contribution is 0.185. The average Bonchev–Trinajstić information content (AvgIpc) is 3.04. The highest BCUT2D eigenvalue weighted by Gasteiger charge is 2.20. The fraction of sp³-hybridized carbons (Fsp3) is 0.444. The van der Waals surface area contributed by atoms with Crippen molar-refractivity contribution in [2.45, 2.75) is 25.4 Å². The first kappa shape index (κ1) is 16.9. The van der Waals surface area contributed by atoms with Crippen molar-refractivity contribution in [1.29, 1.82) is 0 Å². The molecule has 1 atom stereocenters. The summed E-state index contributed by atoms with van der Waals surface area (Å²) in [5, 5.41) is 4.13. The van der Waals surface area contributed by atoms with E-state index in [0.29, 0.717) is 6.54 Å². The predicted molar refractivity (Wildman–Crippen MR) is 98.1 cm³/mol. The van der Waals surface area contributed by atoms with E-state index in [1.54, 1.807) is 16.2 Å². The zero-order valence-electron chi connectivity index (χ0n) is 14.2. The van der Waals surface area contributed by atoms with E-state index in [2.05, 4.69) is 34.4 Å². The van der Waals surface area contributed by atoms with E-state index in [-0.39, 0.29) is 12.1 Å². The van der Waals surface area contributed by atoms with Gasteiger partial charge in [-0.3, -0.25) is 0 Å². The van der Waals surface area contributed by atoms with Crippen molar-refractivity contribution in [3.63, 3.8) is 0 Å². The number of likely N-dealkylation sites (N-methyl/N-ethyl adjacent to an activating group) is 1. The van der Waals surface area contributed by atoms with E-state index < -0.39 is 0 Å². The van der Waals surface area contributed by atoms with Crippen molar-refractivity contribution < 1.29 is 4.79 Å². The van der Waals surface area contributed by atoms with Gasteiger partial charge in [-0.05, 0) is 26.4 Å². The predicted octanol–water partition coefficient (Wildman–Crippen LogP) is 3.05. The van der Waals surface area contributed by atoms with E-state index in [0.717, 1.165) is 41.4 Å². The van der Waals surface area contributed by atoms with Crippen LogP contribution in [0.3, 0.4) is 0 Å². The molecule has 1 N–H and O–H groups in total. The molecular weight excluding hydrogens is 320 g/mol. The molecule has 3 rings (SSSR count). The van der Waals surface area contributed by atoms with Gasteiger partial charge >= 0.3 is 6.03 Å². The monoisotopic (exact) mass is 344 g/mol. The number of urea groups is 1. The largest absolute Gasteiger partial charge is 0.334 e. The van der Waals surface area contributed by atoms with Gasteiger partial charge in [-0.15, -0.1) is 11.3 Å². The minimum absolute atomic E-state index is 0.00930. The second-order valence-electron chi connectivity index (χ2n) is 6.40. The van der Waals surface area contributed by atoms with E-state index in [9.17, 15) is 4.79 Å². The molecule has 0 spiro atoms. The van der Waals surface area contributed by atoms with Crippen LogP contribution in [0.25, 0.3) is 10.6 Å². The standard InChI is InChI=1S/C18H24N4OS/c1-21-10-6-9-15(12-21)20-18(23)22(2)13-16-11-19-17(24-16)14-7-4-3-5-8-14/h3-5,7-8,11,15H,6,9-10,12-13H2,1-2H3,(H,20,23). The Balaban J connectivity index is 1.55. The lowest BCUT2D eigenvalue weighted by Gasteiger charge is -2.31. The Bertz CT molecular complexity index is 673. The summed E-state index contributed by atoms with van der Waals surface area (Å²) in [4.78, 5) is 21.9. The smallest absolute Gasteiger partial charge is 0.317 e. The van der Waals surface area contributed by atoms with E-state index in [4.69, 9.17) is 0 Å². The maximum absolute atomic E-state index is 12.4. The Labute approximate surface area is 147 Å². The third kappa shape index (κ3) is 4.33. The molecule has 1 aromatic carbocycles. The number of thiazole rings is 1. The summed E-state index contributed by atoms with van der Waals surface area (Å²) in [6, 6.07) is 10.4. The van der Waals surface area contributed by atoms with Crippen molar-refractivity contribution in [2.24, 2.45) is 0 Å². The number of likely N-dealkylation sites (tertiary alicyclic amines) is 1. The van der Waals surface area contributed by atoms with Crippen LogP contribution in [0.1, 0.15) is 17.7 Å². The molecule has 5 nitrogen and oxygen atoms in total. The van der Waals surface area contributed by atoms with Gasteiger partial charge in [0.05, 0.1) is 6.54 Å². The SMILES string of the molecule is CN1CCCC(NC(=O)N(C)Cc2cnc(-c3ccccc3)s2)C1. The quantitative estimate of drug-likeness (QED) is 0.927. The van der Waals surface area contributed by atoms with E-state index in [1.807, 2.05) is 31.4 Å². The molecule has 1 fully saturated rings. The maximum Gasteiger partial charge on any atom is 0.317 e. The summed E-state index contributed by atoms with van der Waals surface area (Å²) in [5.74, 6) is 0. The van der Waals surface area contributed by atoms with Crippen LogP contribution in [0.15, 0.2) is 36.5 Å². The number of hydrogen-bond donors (Lipinski definition) is 1. The molecule has 6 heteroatoms. The van der Waals surface area contributed by atoms with Gasteiger partial charge in [-0.1, -0.05) is 30.3 Å². The minimum Gasteiger partial charge on any atom is -0.334 e. The summed E-state index contributed by atoms with van der Waals surface area (Å²) in [6.07, 6.45) is 4.06. The summed E-state index contributed by atoms with van der Waals surface area (Å²) in [5.41, 5.74) is 1.12. The molecule has 2 aromatic rings. The van der Waals surface area contributed by atoms with Crippen molar-refractivity contribution in [2.75, 3.05) is 27.2 Å². The second kappa shape index (κ2) is 7.77. The highest BCUT2D eigenvalue weighted by molar-refractivity contribution is 7.15. The first-order chi connectivity index (χ1) is 11.6. The Morgan fingerprint density at radius 3 is 2.96 bits per heavy atom. The molecule has 1 aromatic heterocycles. The van der Waals surface area contributed by atoms with Gasteiger partial charge in [0.15, 0.2) is 0 Å². The summed E-state index contributed by atoms with van der Waals surface area (Å²) in [6.45, 7) is 2.63. The molecule has 0 bridgehead atoms. The lowest BCUT2D eigenvalue weighted by atomic mass is 10.1. The van der Waals surface area contributed by atoms with Crippen LogP contribution in [-0.4, -0.2) is 54.0 Å². The summed E-state index contributed by atoms with van der Waals surface area (Å²) >= 11 is 1.64. The second-order valence-corrected chi connectivity index (χ2v) is 7.52. The summed E-state index contributed by atoms with van der Waals surface area (Å²) < 4.78 is 0. The molecule has 1 saturated heterocycles. The van der Waals surface area contributed by atoms with Crippen molar-refractivity contribution in [1.82, 2.24) is 20.1 Å². The molecule has 1 aliphatic rings. The number of carbonyl (C=O) groups excluding carboxylic acids is 1. The fourth-order valence-electron chi connectivity index (χ4n) is 2.97. The van der Waals surface area contributed by atoms with E-state index >= 15 is 0 Å². The van der Waals surface area contributed by atoms with Crippen LogP contribution in [0.4, 0.5) is 4.79 Å². The number of nitrogens with one attached hydrogen (secondary N) is 1. The molecule has 0 saturated carbocycles. The van der Waals surface area contributed by atoms with Gasteiger partial charge in [-0.25, -0.2) is 9.78 Å². The Morgan fingerprint density at radius 2 is 2.21 bits per heavy atom. The molecule has 1 aliphatic heterocycles. The number of aromatic nitrogens is 1. The first-order valence-electron chi connectivity index (χ1n) is 8.32. The number of benzene rings is 1. The molecule has 24 heavy (non-hydrogen) atoms. The van der Waals surface area contributed by atoms with Gasteiger partial charge in [0.25, 0.3) is 0 Å². The fourth-order valence-corrected chi connectivity index (χ4v) is 3.94. The molecule has 128 valence electrons. The molecule has 1 unspecified atom stereocenters. The maximum atomic E-state index is 12.4. The molecule has 2 heterocycles. The number of piperidine rings is 1. The molecular formula is C18H24N4OS. The van der Waals surface area contributed by atoms with Crippen LogP contribution in [0.5, 0.6) is 0 Å². The zero-order chi connectivity index (χ0) is 16.9. The Morgan fingerprint density at radius 1 is 1.42 bits per heavy atom. The minimum atomic E-state index is -0.00930. The van der Waals surface area contributed by atoms with Crippen molar-refractivity contribution in [3.05, 3.63) is 41.4 Å². The van der Waals surface area contributed by atoms with Crippen LogP contribution in [0.2, 0.25) is 0 Å². The lowest BCUT2D eigenvalue weighted by Crippen LogP contribution is -2.49. The topological polar surface area (TPSA) is 48.5 Å². The number of carbonyl (C=O) groups is 1. The summed E-state index contributed by atoms with van der Waals surface area (Å²) in [7, 11) is 3.94. The van der Waals surface area contributed by atoms with Gasteiger partial charge in [0.1, 0.15) is 5.01 Å². The van der Waals surface area contributed by atoms with Gasteiger partial charge < -0.3 is 15.1 Å². The first-order valence-corrected chi connectivity index (χ1v) is 9.14. The average molecular weight is 344 g/mol. The van der Waals surface area contributed by atoms with Crippen LogP contribution in [-0.2, 0) is 6.54 Å². The van der Waals surface area contributed by atoms with Gasteiger partial charge in [0, 0.05) is 36.3 Å². The van der Waals surface area contributed by atoms with Gasteiger partial charge in [-0.2, -0.15) is 0 Å². The number of rotatable bonds is 4. The molecule has 0 radical (unpaired) electrons. The molecule has 0 aliphatic carbocycles. The van der Waals surface area contributed by atoms with Crippen LogP contribution < -0.4 is 5.32 Å². The van der Waals surface area contributed by atoms with Crippen LogP contribution in [0, 0.1) is 0 Å². The zero-order valence-corrected chi connectivity index (χ0v) is 15.1. The normalized spacial score (nSPS) is 18.3. The highest BCUT2D eigenvalue weighted by atomic mass is 32.1. The third-order valence-electron chi connectivity index (χ3n) is 4.27. The van der Waals surface area contributed by atoms with Crippen molar-refractivity contribution in [3.8, 4) is 10.6 Å². The highest BCUT2D eigenvalue weighted by Crippen LogP contribution is 2.25. The number of amides is 2. The number of nitrogens with zero attached hydrogens (tertiary/aromatic N) is 3. The Kier molecular flexibility index (Phi) is 5.48. The number of hydrogen-bond acceptors (Lipinski definition) is 4. The van der Waals surface area contributed by atoms with Crippen LogP contribution >= 0.6 is 11.3 Å². The molecule has 2 amide bonds. The van der Waals surface area contributed by atoms with E-state index in [1.165, 1.54) is 0 Å².